The number of anilines is 2. The molecule has 126 valence electrons. The Kier molecular flexibility index (Phi) is 6.46. The Morgan fingerprint density at radius 3 is 2.42 bits per heavy atom. The molecule has 0 unspecified atom stereocenters. The standard InChI is InChI=1S/C17H16Cl2N2O3/c1-24-17(23)11-2-5-13(6-3-11)21-16(22)8-9-20-15-7-4-12(18)10-14(15)19/h2-7,10,20H,8-9H2,1H3,(H,21,22). The second-order valence-electron chi connectivity index (χ2n) is 4.92. The van der Waals surface area contributed by atoms with Crippen LogP contribution in [-0.2, 0) is 9.53 Å². The highest BCUT2D eigenvalue weighted by atomic mass is 35.5. The molecule has 1 amide bonds. The molecule has 5 nitrogen and oxygen atoms in total. The predicted molar refractivity (Wildman–Crippen MR) is 96.0 cm³/mol. The molecular weight excluding hydrogens is 351 g/mol. The Bertz CT molecular complexity index is 733. The van der Waals surface area contributed by atoms with Crippen LogP contribution in [0.2, 0.25) is 10.0 Å². The average Bonchev–Trinajstić information content (AvgIpc) is 2.57. The van der Waals surface area contributed by atoms with Crippen molar-refractivity contribution in [3.63, 3.8) is 0 Å². The smallest absolute Gasteiger partial charge is 0.337 e. The lowest BCUT2D eigenvalue weighted by atomic mass is 10.2. The highest BCUT2D eigenvalue weighted by molar-refractivity contribution is 6.36. The maximum absolute atomic E-state index is 11.9. The Labute approximate surface area is 149 Å². The molecule has 7 heteroatoms. The summed E-state index contributed by atoms with van der Waals surface area (Å²) in [5.74, 6) is -0.574. The van der Waals surface area contributed by atoms with E-state index in [1.807, 2.05) is 0 Å². The first-order valence-electron chi connectivity index (χ1n) is 7.17. The van der Waals surface area contributed by atoms with Gasteiger partial charge in [0.1, 0.15) is 0 Å². The van der Waals surface area contributed by atoms with Crippen molar-refractivity contribution in [3.05, 3.63) is 58.1 Å². The molecule has 0 aliphatic heterocycles. The van der Waals surface area contributed by atoms with Crippen molar-refractivity contribution < 1.29 is 14.3 Å². The topological polar surface area (TPSA) is 67.4 Å². The zero-order valence-corrected chi connectivity index (χ0v) is 14.4. The molecule has 0 aliphatic rings. The van der Waals surface area contributed by atoms with Gasteiger partial charge in [0.2, 0.25) is 5.91 Å². The summed E-state index contributed by atoms with van der Waals surface area (Å²) in [4.78, 5) is 23.3. The average molecular weight is 367 g/mol. The first-order chi connectivity index (χ1) is 11.5. The Morgan fingerprint density at radius 1 is 1.08 bits per heavy atom. The SMILES string of the molecule is COC(=O)c1ccc(NC(=O)CCNc2ccc(Cl)cc2Cl)cc1. The molecule has 2 aromatic rings. The van der Waals surface area contributed by atoms with E-state index in [9.17, 15) is 9.59 Å². The zero-order valence-electron chi connectivity index (χ0n) is 12.9. The Hall–Kier alpha value is -2.24. The molecule has 0 heterocycles. The molecule has 0 saturated carbocycles. The van der Waals surface area contributed by atoms with Crippen LogP contribution in [0.25, 0.3) is 0 Å². The van der Waals surface area contributed by atoms with E-state index in [0.717, 1.165) is 5.69 Å². The quantitative estimate of drug-likeness (QED) is 0.751. The molecule has 0 bridgehead atoms. The molecule has 2 aromatic carbocycles. The molecule has 2 rings (SSSR count). The minimum absolute atomic E-state index is 0.154. The number of nitrogens with one attached hydrogen (secondary N) is 2. The second kappa shape index (κ2) is 8.57. The summed E-state index contributed by atoms with van der Waals surface area (Å²) < 4.78 is 4.62. The van der Waals surface area contributed by atoms with Gasteiger partial charge in [0, 0.05) is 23.7 Å². The normalized spacial score (nSPS) is 10.1. The van der Waals surface area contributed by atoms with Crippen molar-refractivity contribution >= 4 is 46.5 Å². The Morgan fingerprint density at radius 2 is 1.79 bits per heavy atom. The maximum Gasteiger partial charge on any atom is 0.337 e. The fraction of sp³-hybridized carbons (Fsp3) is 0.176. The summed E-state index contributed by atoms with van der Waals surface area (Å²) in [6.45, 7) is 0.424. The van der Waals surface area contributed by atoms with E-state index in [-0.39, 0.29) is 12.3 Å². The molecule has 0 spiro atoms. The number of methoxy groups -OCH3 is 1. The summed E-state index contributed by atoms with van der Waals surface area (Å²) in [6.07, 6.45) is 0.262. The number of esters is 1. The molecular formula is C17H16Cl2N2O3. The van der Waals surface area contributed by atoms with Gasteiger partial charge in [-0.2, -0.15) is 0 Å². The van der Waals surface area contributed by atoms with Gasteiger partial charge in [-0.3, -0.25) is 4.79 Å². The number of amides is 1. The lowest BCUT2D eigenvalue weighted by molar-refractivity contribution is -0.115. The molecule has 0 radical (unpaired) electrons. The van der Waals surface area contributed by atoms with Gasteiger partial charge < -0.3 is 15.4 Å². The van der Waals surface area contributed by atoms with Crippen molar-refractivity contribution in [2.24, 2.45) is 0 Å². The number of hydrogen-bond donors (Lipinski definition) is 2. The molecule has 0 aliphatic carbocycles. The zero-order chi connectivity index (χ0) is 17.5. The van der Waals surface area contributed by atoms with Crippen LogP contribution in [0.4, 0.5) is 11.4 Å². The van der Waals surface area contributed by atoms with Crippen molar-refractivity contribution in [1.29, 1.82) is 0 Å². The predicted octanol–water partition coefficient (Wildman–Crippen LogP) is 4.22. The summed E-state index contributed by atoms with van der Waals surface area (Å²) in [5.41, 5.74) is 1.75. The first-order valence-corrected chi connectivity index (χ1v) is 7.92. The van der Waals surface area contributed by atoms with Crippen LogP contribution in [0.15, 0.2) is 42.5 Å². The van der Waals surface area contributed by atoms with Crippen LogP contribution < -0.4 is 10.6 Å². The van der Waals surface area contributed by atoms with Gasteiger partial charge in [-0.05, 0) is 42.5 Å². The second-order valence-corrected chi connectivity index (χ2v) is 5.76. The van der Waals surface area contributed by atoms with E-state index in [1.54, 1.807) is 42.5 Å². The van der Waals surface area contributed by atoms with Gasteiger partial charge in [-0.1, -0.05) is 23.2 Å². The van der Waals surface area contributed by atoms with Gasteiger partial charge in [-0.15, -0.1) is 0 Å². The lowest BCUT2D eigenvalue weighted by Gasteiger charge is -2.09. The lowest BCUT2D eigenvalue weighted by Crippen LogP contribution is -2.16. The summed E-state index contributed by atoms with van der Waals surface area (Å²) >= 11 is 11.9. The largest absolute Gasteiger partial charge is 0.465 e. The van der Waals surface area contributed by atoms with Crippen molar-refractivity contribution in [1.82, 2.24) is 0 Å². The van der Waals surface area contributed by atoms with Crippen LogP contribution in [0.3, 0.4) is 0 Å². The third-order valence-electron chi connectivity index (χ3n) is 3.19. The van der Waals surface area contributed by atoms with Gasteiger partial charge in [0.25, 0.3) is 0 Å². The van der Waals surface area contributed by atoms with Crippen molar-refractivity contribution in [2.75, 3.05) is 24.3 Å². The minimum atomic E-state index is -0.420. The number of carbonyl (C=O) groups is 2. The van der Waals surface area contributed by atoms with Gasteiger partial charge in [-0.25, -0.2) is 4.79 Å². The number of benzene rings is 2. The van der Waals surface area contributed by atoms with Crippen LogP contribution >= 0.6 is 23.2 Å². The van der Waals surface area contributed by atoms with E-state index < -0.39 is 5.97 Å². The molecule has 0 saturated heterocycles. The van der Waals surface area contributed by atoms with E-state index in [0.29, 0.717) is 27.8 Å². The van der Waals surface area contributed by atoms with Crippen LogP contribution in [0.5, 0.6) is 0 Å². The third kappa shape index (κ3) is 5.15. The van der Waals surface area contributed by atoms with Crippen molar-refractivity contribution in [2.45, 2.75) is 6.42 Å². The highest BCUT2D eigenvalue weighted by Crippen LogP contribution is 2.25. The maximum atomic E-state index is 11.9. The van der Waals surface area contributed by atoms with Gasteiger partial charge in [0.05, 0.1) is 23.4 Å². The highest BCUT2D eigenvalue weighted by Gasteiger charge is 2.07. The monoisotopic (exact) mass is 366 g/mol. The summed E-state index contributed by atoms with van der Waals surface area (Å²) in [6, 6.07) is 11.6. The van der Waals surface area contributed by atoms with Gasteiger partial charge in [0.15, 0.2) is 0 Å². The number of hydrogen-bond acceptors (Lipinski definition) is 4. The van der Waals surface area contributed by atoms with Crippen LogP contribution in [0.1, 0.15) is 16.8 Å². The Balaban J connectivity index is 1.81. The number of rotatable bonds is 6. The molecule has 0 aromatic heterocycles. The first kappa shape index (κ1) is 18.1. The van der Waals surface area contributed by atoms with E-state index in [2.05, 4.69) is 15.4 Å². The van der Waals surface area contributed by atoms with Crippen molar-refractivity contribution in [3.8, 4) is 0 Å². The number of ether oxygens (including phenoxy) is 1. The molecule has 24 heavy (non-hydrogen) atoms. The number of carbonyl (C=O) groups excluding carboxylic acids is 2. The third-order valence-corrected chi connectivity index (χ3v) is 3.74. The number of halogens is 2. The van der Waals surface area contributed by atoms with Crippen LogP contribution in [0, 0.1) is 0 Å². The van der Waals surface area contributed by atoms with E-state index in [1.165, 1.54) is 7.11 Å². The van der Waals surface area contributed by atoms with Gasteiger partial charge >= 0.3 is 5.97 Å². The molecule has 2 N–H and O–H groups in total. The molecule has 0 atom stereocenters. The summed E-state index contributed by atoms with van der Waals surface area (Å²) in [7, 11) is 1.32. The summed E-state index contributed by atoms with van der Waals surface area (Å²) in [5, 5.41) is 6.88. The van der Waals surface area contributed by atoms with E-state index >= 15 is 0 Å². The fourth-order valence-corrected chi connectivity index (χ4v) is 2.45. The fourth-order valence-electron chi connectivity index (χ4n) is 1.97. The minimum Gasteiger partial charge on any atom is -0.465 e. The molecule has 0 fully saturated rings. The van der Waals surface area contributed by atoms with Crippen LogP contribution in [-0.4, -0.2) is 25.5 Å². The van der Waals surface area contributed by atoms with E-state index in [4.69, 9.17) is 23.2 Å².